The minimum Gasteiger partial charge on any atom is -0.306 e. The van der Waals surface area contributed by atoms with Crippen molar-refractivity contribution in [3.8, 4) is 0 Å². The number of rotatable bonds is 5. The normalized spacial score (nSPS) is 12.7. The highest BCUT2D eigenvalue weighted by Gasteiger charge is 2.21. The second-order valence-electron chi connectivity index (χ2n) is 4.98. The Balaban J connectivity index is 2.47. The second-order valence-corrected chi connectivity index (χ2v) is 6.27. The summed E-state index contributed by atoms with van der Waals surface area (Å²) in [5.74, 6) is -0.210. The predicted molar refractivity (Wildman–Crippen MR) is 85.3 cm³/mol. The van der Waals surface area contributed by atoms with Crippen molar-refractivity contribution in [2.45, 2.75) is 33.2 Å². The first-order chi connectivity index (χ1) is 9.54. The van der Waals surface area contributed by atoms with Crippen LogP contribution < -0.4 is 5.32 Å². The van der Waals surface area contributed by atoms with Gasteiger partial charge in [-0.05, 0) is 61.0 Å². The molecule has 0 aliphatic rings. The van der Waals surface area contributed by atoms with Gasteiger partial charge in [0.2, 0.25) is 0 Å². The highest BCUT2D eigenvalue weighted by molar-refractivity contribution is 7.10. The fourth-order valence-electron chi connectivity index (χ4n) is 2.20. The van der Waals surface area contributed by atoms with E-state index in [1.165, 1.54) is 6.07 Å². The average molecular weight is 312 g/mol. The molecule has 0 aliphatic heterocycles. The van der Waals surface area contributed by atoms with E-state index in [1.54, 1.807) is 17.4 Å². The quantitative estimate of drug-likeness (QED) is 0.795. The van der Waals surface area contributed by atoms with Gasteiger partial charge in [0, 0.05) is 4.88 Å². The lowest BCUT2D eigenvalue weighted by molar-refractivity contribution is 0.588. The zero-order chi connectivity index (χ0) is 14.7. The molecule has 0 aliphatic carbocycles. The molecular formula is C16H19ClFNS. The highest BCUT2D eigenvalue weighted by Crippen LogP contribution is 2.36. The SMILES string of the molecule is CCCNC(c1cc(F)ccc1C)c1scc(C)c1Cl. The zero-order valence-corrected chi connectivity index (χ0v) is 13.5. The zero-order valence-electron chi connectivity index (χ0n) is 12.0. The molecule has 0 spiro atoms. The molecule has 0 saturated heterocycles. The van der Waals surface area contributed by atoms with Crippen LogP contribution in [0.25, 0.3) is 0 Å². The second kappa shape index (κ2) is 6.70. The van der Waals surface area contributed by atoms with Gasteiger partial charge in [-0.2, -0.15) is 0 Å². The lowest BCUT2D eigenvalue weighted by Gasteiger charge is -2.20. The Morgan fingerprint density at radius 2 is 2.05 bits per heavy atom. The van der Waals surface area contributed by atoms with E-state index in [4.69, 9.17) is 11.6 Å². The van der Waals surface area contributed by atoms with Crippen LogP contribution in [0.5, 0.6) is 0 Å². The van der Waals surface area contributed by atoms with Gasteiger partial charge in [-0.15, -0.1) is 11.3 Å². The molecule has 1 unspecified atom stereocenters. The summed E-state index contributed by atoms with van der Waals surface area (Å²) in [6, 6.07) is 4.88. The van der Waals surface area contributed by atoms with Crippen LogP contribution in [-0.4, -0.2) is 6.54 Å². The molecule has 2 aromatic rings. The number of thiophene rings is 1. The Kier molecular flexibility index (Phi) is 5.19. The summed E-state index contributed by atoms with van der Waals surface area (Å²) < 4.78 is 13.6. The number of nitrogens with one attached hydrogen (secondary N) is 1. The fourth-order valence-corrected chi connectivity index (χ4v) is 3.59. The van der Waals surface area contributed by atoms with E-state index in [-0.39, 0.29) is 11.9 Å². The molecule has 0 bridgehead atoms. The molecule has 1 aromatic heterocycles. The van der Waals surface area contributed by atoms with E-state index in [0.717, 1.165) is 39.6 Å². The maximum atomic E-state index is 13.6. The molecule has 0 radical (unpaired) electrons. The molecule has 0 saturated carbocycles. The number of hydrogen-bond donors (Lipinski definition) is 1. The molecular weight excluding hydrogens is 293 g/mol. The van der Waals surface area contributed by atoms with E-state index in [0.29, 0.717) is 0 Å². The molecule has 108 valence electrons. The summed E-state index contributed by atoms with van der Waals surface area (Å²) in [5.41, 5.74) is 3.10. The molecule has 0 fully saturated rings. The van der Waals surface area contributed by atoms with Crippen LogP contribution in [0.1, 0.15) is 41.0 Å². The van der Waals surface area contributed by atoms with Crippen molar-refractivity contribution in [3.63, 3.8) is 0 Å². The van der Waals surface area contributed by atoms with Crippen LogP contribution in [0, 0.1) is 19.7 Å². The average Bonchev–Trinajstić information content (AvgIpc) is 2.75. The Morgan fingerprint density at radius 1 is 1.30 bits per heavy atom. The first kappa shape index (κ1) is 15.5. The van der Waals surface area contributed by atoms with Crippen LogP contribution in [0.3, 0.4) is 0 Å². The minimum atomic E-state index is -0.210. The molecule has 4 heteroatoms. The summed E-state index contributed by atoms with van der Waals surface area (Å²) in [5, 5.41) is 6.32. The van der Waals surface area contributed by atoms with Crippen molar-refractivity contribution >= 4 is 22.9 Å². The lowest BCUT2D eigenvalue weighted by Crippen LogP contribution is -2.23. The molecule has 1 heterocycles. The summed E-state index contributed by atoms with van der Waals surface area (Å²) in [4.78, 5) is 1.06. The smallest absolute Gasteiger partial charge is 0.123 e. The topological polar surface area (TPSA) is 12.0 Å². The summed E-state index contributed by atoms with van der Waals surface area (Å²) in [6.07, 6.45) is 1.02. The summed E-state index contributed by atoms with van der Waals surface area (Å²) in [6.45, 7) is 6.99. The van der Waals surface area contributed by atoms with Gasteiger partial charge in [0.25, 0.3) is 0 Å². The maximum absolute atomic E-state index is 13.6. The van der Waals surface area contributed by atoms with Crippen molar-refractivity contribution in [1.82, 2.24) is 5.32 Å². The fraction of sp³-hybridized carbons (Fsp3) is 0.375. The number of aryl methyl sites for hydroxylation is 2. The van der Waals surface area contributed by atoms with E-state index < -0.39 is 0 Å². The third kappa shape index (κ3) is 3.22. The third-order valence-corrected chi connectivity index (χ3v) is 5.12. The number of benzene rings is 1. The molecule has 1 nitrogen and oxygen atoms in total. The molecule has 1 N–H and O–H groups in total. The van der Waals surface area contributed by atoms with Crippen LogP contribution in [0.15, 0.2) is 23.6 Å². The Morgan fingerprint density at radius 3 is 2.65 bits per heavy atom. The summed E-state index contributed by atoms with van der Waals surface area (Å²) in [7, 11) is 0. The van der Waals surface area contributed by atoms with Crippen molar-refractivity contribution in [1.29, 1.82) is 0 Å². The van der Waals surface area contributed by atoms with Crippen LogP contribution in [-0.2, 0) is 0 Å². The van der Waals surface area contributed by atoms with Crippen molar-refractivity contribution in [3.05, 3.63) is 56.0 Å². The van der Waals surface area contributed by atoms with Gasteiger partial charge < -0.3 is 5.32 Å². The first-order valence-corrected chi connectivity index (χ1v) is 8.03. The van der Waals surface area contributed by atoms with Crippen molar-refractivity contribution < 1.29 is 4.39 Å². The Labute approximate surface area is 128 Å². The largest absolute Gasteiger partial charge is 0.306 e. The maximum Gasteiger partial charge on any atom is 0.123 e. The standard InChI is InChI=1S/C16H19ClFNS/c1-4-7-19-15(16-14(17)11(3)9-20-16)13-8-12(18)6-5-10(13)2/h5-6,8-9,15,19H,4,7H2,1-3H3. The van der Waals surface area contributed by atoms with Gasteiger partial charge in [-0.1, -0.05) is 24.6 Å². The van der Waals surface area contributed by atoms with Crippen LogP contribution in [0.4, 0.5) is 4.39 Å². The van der Waals surface area contributed by atoms with Gasteiger partial charge in [0.15, 0.2) is 0 Å². The van der Waals surface area contributed by atoms with Crippen LogP contribution in [0.2, 0.25) is 5.02 Å². The first-order valence-electron chi connectivity index (χ1n) is 6.77. The van der Waals surface area contributed by atoms with E-state index >= 15 is 0 Å². The van der Waals surface area contributed by atoms with Gasteiger partial charge in [0.05, 0.1) is 11.1 Å². The Hall–Kier alpha value is -0.900. The van der Waals surface area contributed by atoms with E-state index in [1.807, 2.05) is 25.3 Å². The highest BCUT2D eigenvalue weighted by atomic mass is 35.5. The van der Waals surface area contributed by atoms with Crippen LogP contribution >= 0.6 is 22.9 Å². The molecule has 1 aromatic carbocycles. The summed E-state index contributed by atoms with van der Waals surface area (Å²) >= 11 is 8.03. The number of hydrogen-bond acceptors (Lipinski definition) is 2. The van der Waals surface area contributed by atoms with Gasteiger partial charge in [-0.25, -0.2) is 4.39 Å². The minimum absolute atomic E-state index is 0.0446. The number of halogens is 2. The van der Waals surface area contributed by atoms with Crippen molar-refractivity contribution in [2.75, 3.05) is 6.54 Å². The molecule has 0 amide bonds. The van der Waals surface area contributed by atoms with Gasteiger partial charge in [-0.3, -0.25) is 0 Å². The van der Waals surface area contributed by atoms with E-state index in [2.05, 4.69) is 12.2 Å². The van der Waals surface area contributed by atoms with Crippen molar-refractivity contribution in [2.24, 2.45) is 0 Å². The predicted octanol–water partition coefficient (Wildman–Crippen LogP) is 5.25. The monoisotopic (exact) mass is 311 g/mol. The molecule has 2 rings (SSSR count). The molecule has 1 atom stereocenters. The third-order valence-electron chi connectivity index (χ3n) is 3.34. The van der Waals surface area contributed by atoms with Gasteiger partial charge in [0.1, 0.15) is 5.82 Å². The Bertz CT molecular complexity index is 594. The van der Waals surface area contributed by atoms with Gasteiger partial charge >= 0.3 is 0 Å². The lowest BCUT2D eigenvalue weighted by atomic mass is 9.99. The van der Waals surface area contributed by atoms with E-state index in [9.17, 15) is 4.39 Å². The molecule has 20 heavy (non-hydrogen) atoms.